The Morgan fingerprint density at radius 3 is 2.57 bits per heavy atom. The smallest absolute Gasteiger partial charge is 0.265 e. The van der Waals surface area contributed by atoms with Crippen molar-refractivity contribution >= 4 is 15.7 Å². The Bertz CT molecular complexity index is 754. The van der Waals surface area contributed by atoms with Crippen LogP contribution in [0.5, 0.6) is 0 Å². The van der Waals surface area contributed by atoms with Gasteiger partial charge in [0.15, 0.2) is 0 Å². The highest BCUT2D eigenvalue weighted by atomic mass is 32.2. The second kappa shape index (κ2) is 5.87. The van der Waals surface area contributed by atoms with E-state index >= 15 is 0 Å². The molecule has 0 fully saturated rings. The summed E-state index contributed by atoms with van der Waals surface area (Å²) in [4.78, 5) is 0.0498. The highest BCUT2D eigenvalue weighted by molar-refractivity contribution is 7.92. The maximum absolute atomic E-state index is 13.5. The Morgan fingerprint density at radius 2 is 1.95 bits per heavy atom. The second-order valence-electron chi connectivity index (χ2n) is 4.73. The van der Waals surface area contributed by atoms with E-state index in [-0.39, 0.29) is 10.6 Å². The zero-order chi connectivity index (χ0) is 15.6. The lowest BCUT2D eigenvalue weighted by Gasteiger charge is -2.07. The summed E-state index contributed by atoms with van der Waals surface area (Å²) in [5, 5.41) is 2.88. The maximum atomic E-state index is 13.5. The number of rotatable bonds is 5. The quantitative estimate of drug-likeness (QED) is 0.890. The van der Waals surface area contributed by atoms with Crippen LogP contribution in [0.1, 0.15) is 17.1 Å². The highest BCUT2D eigenvalue weighted by Crippen LogP contribution is 2.23. The third kappa shape index (κ3) is 3.43. The molecule has 0 spiro atoms. The van der Waals surface area contributed by atoms with Gasteiger partial charge in [-0.3, -0.25) is 4.72 Å². The summed E-state index contributed by atoms with van der Waals surface area (Å²) >= 11 is 0. The van der Waals surface area contributed by atoms with Crippen LogP contribution >= 0.6 is 0 Å². The van der Waals surface area contributed by atoms with Crippen molar-refractivity contribution in [2.24, 2.45) is 0 Å². The van der Waals surface area contributed by atoms with E-state index in [1.54, 1.807) is 20.9 Å². The molecule has 0 aliphatic carbocycles. The van der Waals surface area contributed by atoms with E-state index < -0.39 is 15.8 Å². The van der Waals surface area contributed by atoms with Gasteiger partial charge in [0.05, 0.1) is 12.2 Å². The van der Waals surface area contributed by atoms with Crippen molar-refractivity contribution in [1.29, 1.82) is 0 Å². The summed E-state index contributed by atoms with van der Waals surface area (Å²) in [5.41, 5.74) is 0.627. The molecule has 2 aromatic rings. The molecular weight excluding hydrogens is 295 g/mol. The molecule has 0 amide bonds. The van der Waals surface area contributed by atoms with E-state index in [1.165, 1.54) is 18.2 Å². The molecule has 0 radical (unpaired) electrons. The lowest BCUT2D eigenvalue weighted by atomic mass is 10.2. The van der Waals surface area contributed by atoms with Gasteiger partial charge in [0.25, 0.3) is 10.0 Å². The van der Waals surface area contributed by atoms with Crippen molar-refractivity contribution in [3.05, 3.63) is 47.2 Å². The number of benzene rings is 1. The van der Waals surface area contributed by atoms with Gasteiger partial charge >= 0.3 is 0 Å². The third-order valence-electron chi connectivity index (χ3n) is 2.99. The monoisotopic (exact) mass is 312 g/mol. The Kier molecular flexibility index (Phi) is 4.34. The van der Waals surface area contributed by atoms with Crippen LogP contribution in [-0.2, 0) is 16.6 Å². The van der Waals surface area contributed by atoms with E-state index in [9.17, 15) is 12.8 Å². The highest BCUT2D eigenvalue weighted by Gasteiger charge is 2.21. The van der Waals surface area contributed by atoms with Gasteiger partial charge in [-0.1, -0.05) is 6.07 Å². The van der Waals surface area contributed by atoms with E-state index in [0.717, 1.165) is 6.07 Å². The molecule has 5 nitrogen and oxygen atoms in total. The molecule has 2 rings (SSSR count). The van der Waals surface area contributed by atoms with Gasteiger partial charge in [-0.2, -0.15) is 0 Å². The predicted molar refractivity (Wildman–Crippen MR) is 78.2 cm³/mol. The van der Waals surface area contributed by atoms with Gasteiger partial charge < -0.3 is 9.73 Å². The maximum Gasteiger partial charge on any atom is 0.265 e. The van der Waals surface area contributed by atoms with Crippen LogP contribution in [0.2, 0.25) is 0 Å². The normalized spacial score (nSPS) is 11.6. The van der Waals surface area contributed by atoms with Gasteiger partial charge in [-0.05, 0) is 38.6 Å². The van der Waals surface area contributed by atoms with Crippen LogP contribution in [-0.4, -0.2) is 15.5 Å². The number of sulfonamides is 1. The van der Waals surface area contributed by atoms with E-state index in [1.807, 2.05) is 0 Å². The number of halogens is 1. The van der Waals surface area contributed by atoms with Crippen molar-refractivity contribution in [2.45, 2.75) is 25.3 Å². The van der Waals surface area contributed by atoms with Crippen LogP contribution in [0.3, 0.4) is 0 Å². The Labute approximate surface area is 123 Å². The van der Waals surface area contributed by atoms with Crippen molar-refractivity contribution in [3.63, 3.8) is 0 Å². The molecule has 0 bridgehead atoms. The summed E-state index contributed by atoms with van der Waals surface area (Å²) in [6.07, 6.45) is 0. The van der Waals surface area contributed by atoms with Gasteiger partial charge in [0.1, 0.15) is 22.2 Å². The first-order valence-electron chi connectivity index (χ1n) is 6.36. The summed E-state index contributed by atoms with van der Waals surface area (Å²) < 4.78 is 45.8. The molecule has 0 saturated heterocycles. The minimum absolute atomic E-state index is 0.0498. The zero-order valence-corrected chi connectivity index (χ0v) is 12.8. The fourth-order valence-corrected chi connectivity index (χ4v) is 3.17. The Morgan fingerprint density at radius 1 is 1.24 bits per heavy atom. The fraction of sp³-hybridized carbons (Fsp3) is 0.286. The Hall–Kier alpha value is -1.86. The van der Waals surface area contributed by atoms with Crippen molar-refractivity contribution < 1.29 is 17.2 Å². The standard InChI is InChI=1S/C14H17FN2O3S/c1-9-4-5-11(6-13(9)15)17-21(18,19)14-7-12(8-16-3)20-10(14)2/h4-7,16-17H,8H2,1-3H3. The SMILES string of the molecule is CNCc1cc(S(=O)(=O)Nc2ccc(C)c(F)c2)c(C)o1. The summed E-state index contributed by atoms with van der Waals surface area (Å²) in [7, 11) is -2.07. The largest absolute Gasteiger partial charge is 0.464 e. The number of aryl methyl sites for hydroxylation is 2. The number of nitrogens with one attached hydrogen (secondary N) is 2. The van der Waals surface area contributed by atoms with Gasteiger partial charge in [-0.15, -0.1) is 0 Å². The molecule has 0 aliphatic heterocycles. The molecule has 1 aromatic heterocycles. The van der Waals surface area contributed by atoms with Crippen LogP contribution in [0.4, 0.5) is 10.1 Å². The average molecular weight is 312 g/mol. The molecule has 0 aliphatic rings. The number of furan rings is 1. The summed E-state index contributed by atoms with van der Waals surface area (Å²) in [6.45, 7) is 3.61. The molecule has 21 heavy (non-hydrogen) atoms. The van der Waals surface area contributed by atoms with E-state index in [0.29, 0.717) is 23.6 Å². The molecule has 7 heteroatoms. The van der Waals surface area contributed by atoms with E-state index in [2.05, 4.69) is 10.0 Å². The molecule has 1 aromatic carbocycles. The molecule has 2 N–H and O–H groups in total. The molecular formula is C14H17FN2O3S. The van der Waals surface area contributed by atoms with E-state index in [4.69, 9.17) is 4.42 Å². The van der Waals surface area contributed by atoms with Crippen LogP contribution in [0, 0.1) is 19.7 Å². The lowest BCUT2D eigenvalue weighted by molar-refractivity contribution is 0.466. The van der Waals surface area contributed by atoms with Gasteiger partial charge in [0.2, 0.25) is 0 Å². The zero-order valence-electron chi connectivity index (χ0n) is 12.0. The predicted octanol–water partition coefficient (Wildman–Crippen LogP) is 2.56. The number of hydrogen-bond acceptors (Lipinski definition) is 4. The third-order valence-corrected chi connectivity index (χ3v) is 4.48. The summed E-state index contributed by atoms with van der Waals surface area (Å²) in [6, 6.07) is 5.64. The number of anilines is 1. The lowest BCUT2D eigenvalue weighted by Crippen LogP contribution is -2.13. The first kappa shape index (κ1) is 15.5. The molecule has 1 heterocycles. The molecule has 114 valence electrons. The van der Waals surface area contributed by atoms with Crippen LogP contribution < -0.4 is 10.0 Å². The Balaban J connectivity index is 2.31. The molecule has 0 saturated carbocycles. The minimum atomic E-state index is -3.81. The molecule has 0 atom stereocenters. The molecule has 0 unspecified atom stereocenters. The van der Waals surface area contributed by atoms with Gasteiger partial charge in [-0.25, -0.2) is 12.8 Å². The first-order chi connectivity index (χ1) is 9.83. The van der Waals surface area contributed by atoms with Crippen molar-refractivity contribution in [3.8, 4) is 0 Å². The minimum Gasteiger partial charge on any atom is -0.464 e. The van der Waals surface area contributed by atoms with Crippen molar-refractivity contribution in [2.75, 3.05) is 11.8 Å². The van der Waals surface area contributed by atoms with Crippen LogP contribution in [0.25, 0.3) is 0 Å². The summed E-state index contributed by atoms with van der Waals surface area (Å²) in [5.74, 6) is 0.348. The second-order valence-corrected chi connectivity index (χ2v) is 6.38. The number of hydrogen-bond donors (Lipinski definition) is 2. The first-order valence-corrected chi connectivity index (χ1v) is 7.84. The average Bonchev–Trinajstić information content (AvgIpc) is 2.76. The van der Waals surface area contributed by atoms with Crippen LogP contribution in [0.15, 0.2) is 33.6 Å². The van der Waals surface area contributed by atoms with Crippen molar-refractivity contribution in [1.82, 2.24) is 5.32 Å². The van der Waals surface area contributed by atoms with Gasteiger partial charge in [0, 0.05) is 6.07 Å². The fourth-order valence-electron chi connectivity index (χ4n) is 1.92. The topological polar surface area (TPSA) is 71.3 Å².